The number of rotatable bonds is 4. The van der Waals surface area contributed by atoms with Crippen molar-refractivity contribution >= 4 is 22.2 Å². The molecule has 0 N–H and O–H groups in total. The van der Waals surface area contributed by atoms with Gasteiger partial charge in [-0.25, -0.2) is 4.98 Å². The molecule has 0 bridgehead atoms. The normalized spacial score (nSPS) is 12.7. The summed E-state index contributed by atoms with van der Waals surface area (Å²) in [6.07, 6.45) is 1.46. The van der Waals surface area contributed by atoms with Crippen LogP contribution in [0.2, 0.25) is 0 Å². The summed E-state index contributed by atoms with van der Waals surface area (Å²) in [5, 5.41) is 2.64. The number of thiophene rings is 1. The Balaban J connectivity index is 1.98. The molecule has 2 aromatic heterocycles. The summed E-state index contributed by atoms with van der Waals surface area (Å²) >= 11 is 1.62. The Kier molecular flexibility index (Phi) is 3.62. The average molecular weight is 286 g/mol. The van der Waals surface area contributed by atoms with Crippen molar-refractivity contribution in [2.24, 2.45) is 0 Å². The molecule has 3 aromatic rings. The number of para-hydroxylation sites is 1. The summed E-state index contributed by atoms with van der Waals surface area (Å²) in [6, 6.07) is 11.4. The van der Waals surface area contributed by atoms with Gasteiger partial charge in [-0.05, 0) is 23.6 Å². The summed E-state index contributed by atoms with van der Waals surface area (Å²) in [5.41, 5.74) is 0.688. The minimum absolute atomic E-state index is 0.0331. The third kappa shape index (κ3) is 2.37. The molecule has 0 fully saturated rings. The van der Waals surface area contributed by atoms with Crippen LogP contribution >= 0.6 is 11.3 Å². The Labute approximate surface area is 120 Å². The van der Waals surface area contributed by atoms with E-state index in [1.54, 1.807) is 35.4 Å². The largest absolute Gasteiger partial charge is 0.374 e. The van der Waals surface area contributed by atoms with Gasteiger partial charge in [-0.2, -0.15) is 0 Å². The second kappa shape index (κ2) is 5.56. The van der Waals surface area contributed by atoms with E-state index >= 15 is 0 Å². The van der Waals surface area contributed by atoms with Crippen molar-refractivity contribution in [3.63, 3.8) is 0 Å². The van der Waals surface area contributed by atoms with E-state index < -0.39 is 0 Å². The second-order valence-corrected chi connectivity index (χ2v) is 5.44. The number of aromatic nitrogens is 2. The first kappa shape index (κ1) is 13.0. The zero-order valence-electron chi connectivity index (χ0n) is 11.0. The first-order valence-electron chi connectivity index (χ1n) is 6.30. The van der Waals surface area contributed by atoms with E-state index in [0.717, 1.165) is 10.4 Å². The number of fused-ring (bicyclic) bond motifs is 1. The van der Waals surface area contributed by atoms with E-state index in [0.29, 0.717) is 11.9 Å². The molecule has 20 heavy (non-hydrogen) atoms. The van der Waals surface area contributed by atoms with Gasteiger partial charge in [0.15, 0.2) is 0 Å². The molecular formula is C15H14N2O2S. The Bertz CT molecular complexity index is 765. The van der Waals surface area contributed by atoms with Crippen LogP contribution in [0.15, 0.2) is 52.9 Å². The van der Waals surface area contributed by atoms with Gasteiger partial charge in [0.2, 0.25) is 0 Å². The molecule has 0 unspecified atom stereocenters. The lowest BCUT2D eigenvalue weighted by Gasteiger charge is -2.15. The van der Waals surface area contributed by atoms with Gasteiger partial charge < -0.3 is 4.74 Å². The molecule has 4 nitrogen and oxygen atoms in total. The number of benzene rings is 1. The zero-order chi connectivity index (χ0) is 13.9. The van der Waals surface area contributed by atoms with Crippen LogP contribution in [0.5, 0.6) is 0 Å². The molecule has 0 aliphatic carbocycles. The quantitative estimate of drug-likeness (QED) is 0.741. The highest BCUT2D eigenvalue weighted by atomic mass is 32.1. The predicted octanol–water partition coefficient (Wildman–Crippen LogP) is 2.85. The number of nitrogens with zero attached hydrogens (tertiary/aromatic N) is 2. The van der Waals surface area contributed by atoms with Crippen LogP contribution in [-0.4, -0.2) is 16.7 Å². The summed E-state index contributed by atoms with van der Waals surface area (Å²) in [6.45, 7) is 0.466. The number of hydrogen-bond acceptors (Lipinski definition) is 4. The minimum atomic E-state index is -0.129. The first-order valence-corrected chi connectivity index (χ1v) is 7.18. The number of ether oxygens (including phenoxy) is 1. The molecular weight excluding hydrogens is 272 g/mol. The van der Waals surface area contributed by atoms with E-state index in [2.05, 4.69) is 4.98 Å². The maximum atomic E-state index is 12.4. The summed E-state index contributed by atoms with van der Waals surface area (Å²) in [4.78, 5) is 17.8. The van der Waals surface area contributed by atoms with Crippen molar-refractivity contribution in [3.8, 4) is 0 Å². The Morgan fingerprint density at radius 2 is 2.15 bits per heavy atom. The third-order valence-electron chi connectivity index (χ3n) is 3.24. The lowest BCUT2D eigenvalue weighted by atomic mass is 10.2. The van der Waals surface area contributed by atoms with Crippen LogP contribution < -0.4 is 5.56 Å². The highest BCUT2D eigenvalue weighted by molar-refractivity contribution is 7.10. The van der Waals surface area contributed by atoms with Crippen LogP contribution in [-0.2, 0) is 11.3 Å². The van der Waals surface area contributed by atoms with Crippen molar-refractivity contribution in [2.45, 2.75) is 12.6 Å². The van der Waals surface area contributed by atoms with Crippen LogP contribution in [0.1, 0.15) is 11.0 Å². The van der Waals surface area contributed by atoms with E-state index in [1.807, 2.05) is 35.7 Å². The third-order valence-corrected chi connectivity index (χ3v) is 4.20. The van der Waals surface area contributed by atoms with Crippen LogP contribution in [0.3, 0.4) is 0 Å². The maximum absolute atomic E-state index is 12.4. The molecule has 0 saturated carbocycles. The molecule has 102 valence electrons. The van der Waals surface area contributed by atoms with Crippen molar-refractivity contribution in [1.82, 2.24) is 9.55 Å². The topological polar surface area (TPSA) is 44.1 Å². The number of methoxy groups -OCH3 is 1. The molecule has 2 heterocycles. The van der Waals surface area contributed by atoms with Gasteiger partial charge in [0.05, 0.1) is 23.8 Å². The lowest BCUT2D eigenvalue weighted by molar-refractivity contribution is 0.0897. The van der Waals surface area contributed by atoms with Gasteiger partial charge in [0.25, 0.3) is 5.56 Å². The molecule has 0 spiro atoms. The van der Waals surface area contributed by atoms with Gasteiger partial charge in [-0.15, -0.1) is 11.3 Å². The molecule has 1 aromatic carbocycles. The Morgan fingerprint density at radius 1 is 1.30 bits per heavy atom. The first-order chi connectivity index (χ1) is 9.79. The molecule has 3 rings (SSSR count). The highest BCUT2D eigenvalue weighted by Gasteiger charge is 2.14. The summed E-state index contributed by atoms with van der Waals surface area (Å²) in [7, 11) is 1.66. The standard InChI is InChI=1S/C15H14N2O2S/c1-19-13(14-7-4-8-20-14)9-17-10-16-12-6-3-2-5-11(12)15(17)18/h2-8,10,13H,9H2,1H3/t13-/m1/s1. The SMILES string of the molecule is CO[C@H](Cn1cnc2ccccc2c1=O)c1cccs1. The number of hydrogen-bond donors (Lipinski definition) is 0. The van der Waals surface area contributed by atoms with Crippen LogP contribution in [0.4, 0.5) is 0 Å². The maximum Gasteiger partial charge on any atom is 0.261 e. The molecule has 5 heteroatoms. The van der Waals surface area contributed by atoms with Crippen molar-refractivity contribution in [3.05, 3.63) is 63.3 Å². The van der Waals surface area contributed by atoms with E-state index in [9.17, 15) is 4.79 Å². The van der Waals surface area contributed by atoms with Gasteiger partial charge in [0.1, 0.15) is 6.10 Å². The van der Waals surface area contributed by atoms with Crippen molar-refractivity contribution < 1.29 is 4.74 Å². The summed E-state index contributed by atoms with van der Waals surface area (Å²) < 4.78 is 7.10. The molecule has 0 radical (unpaired) electrons. The van der Waals surface area contributed by atoms with Gasteiger partial charge in [0, 0.05) is 12.0 Å². The molecule has 0 aliphatic rings. The van der Waals surface area contributed by atoms with Gasteiger partial charge >= 0.3 is 0 Å². The van der Waals surface area contributed by atoms with Crippen LogP contribution in [0.25, 0.3) is 10.9 Å². The highest BCUT2D eigenvalue weighted by Crippen LogP contribution is 2.23. The average Bonchev–Trinajstić information content (AvgIpc) is 3.01. The summed E-state index contributed by atoms with van der Waals surface area (Å²) in [5.74, 6) is 0. The van der Waals surface area contributed by atoms with Gasteiger partial charge in [-0.1, -0.05) is 18.2 Å². The van der Waals surface area contributed by atoms with Crippen molar-refractivity contribution in [2.75, 3.05) is 7.11 Å². The Morgan fingerprint density at radius 3 is 2.90 bits per heavy atom. The second-order valence-electron chi connectivity index (χ2n) is 4.46. The zero-order valence-corrected chi connectivity index (χ0v) is 11.8. The van der Waals surface area contributed by atoms with Crippen molar-refractivity contribution in [1.29, 1.82) is 0 Å². The Hall–Kier alpha value is -1.98. The van der Waals surface area contributed by atoms with Crippen LogP contribution in [0, 0.1) is 0 Å². The molecule has 0 amide bonds. The molecule has 0 aliphatic heterocycles. The van der Waals surface area contributed by atoms with E-state index in [4.69, 9.17) is 4.74 Å². The fraction of sp³-hybridized carbons (Fsp3) is 0.200. The van der Waals surface area contributed by atoms with Gasteiger partial charge in [-0.3, -0.25) is 9.36 Å². The minimum Gasteiger partial charge on any atom is -0.374 e. The van der Waals surface area contributed by atoms with E-state index in [1.165, 1.54) is 0 Å². The monoisotopic (exact) mass is 286 g/mol. The smallest absolute Gasteiger partial charge is 0.261 e. The molecule has 1 atom stereocenters. The predicted molar refractivity (Wildman–Crippen MR) is 80.1 cm³/mol. The molecule has 0 saturated heterocycles. The fourth-order valence-electron chi connectivity index (χ4n) is 2.17. The lowest BCUT2D eigenvalue weighted by Crippen LogP contribution is -2.24. The fourth-order valence-corrected chi connectivity index (χ4v) is 2.96. The van der Waals surface area contributed by atoms with E-state index in [-0.39, 0.29) is 11.7 Å².